The first-order chi connectivity index (χ1) is 25.9. The second-order valence-electron chi connectivity index (χ2n) is 14.7. The van der Waals surface area contributed by atoms with E-state index >= 15 is 0 Å². The highest BCUT2D eigenvalue weighted by atomic mass is 32.2. The van der Waals surface area contributed by atoms with E-state index in [1.807, 2.05) is 13.0 Å². The number of alkyl halides is 3. The molecule has 4 aliphatic rings. The second kappa shape index (κ2) is 15.1. The molecule has 2 aliphatic heterocycles. The van der Waals surface area contributed by atoms with Crippen molar-refractivity contribution in [1.82, 2.24) is 30.2 Å². The highest BCUT2D eigenvalue weighted by Crippen LogP contribution is 2.46. The lowest BCUT2D eigenvalue weighted by atomic mass is 9.85. The summed E-state index contributed by atoms with van der Waals surface area (Å²) in [4.78, 5) is 62.9. The van der Waals surface area contributed by atoms with Crippen LogP contribution in [0.3, 0.4) is 0 Å². The van der Waals surface area contributed by atoms with Crippen LogP contribution in [0.25, 0.3) is 11.0 Å². The van der Waals surface area contributed by atoms with E-state index < -0.39 is 117 Å². The quantitative estimate of drug-likeness (QED) is 0.224. The smallest absolute Gasteiger partial charge is 0.438 e. The fourth-order valence-electron chi connectivity index (χ4n) is 7.47. The second-order valence-corrected chi connectivity index (χ2v) is 16.7. The SMILES string of the molecule is CC[C@@H]1C[C@H](C)CC/C=C\[C@@H]2C[C@@]2(C(=O)NS(=O)(=O)C2CC2)NC(=O)[C@@H]2C[C@@H](Oc3nc4cc(OC)c(F)cc4nc3C(F)(F)F)CN2C(=O)[C@H]1NC(=O)O. The Bertz CT molecular complexity index is 2010. The van der Waals surface area contributed by atoms with Crippen molar-refractivity contribution >= 4 is 44.9 Å². The number of amides is 4. The van der Waals surface area contributed by atoms with Gasteiger partial charge >= 0.3 is 12.3 Å². The van der Waals surface area contributed by atoms with Gasteiger partial charge in [0.15, 0.2) is 11.6 Å². The first kappa shape index (κ1) is 39.9. The Balaban J connectivity index is 1.38. The number of nitrogens with zero attached hydrogens (tertiary/aromatic N) is 3. The molecule has 0 radical (unpaired) electrons. The number of aromatic nitrogens is 2. The summed E-state index contributed by atoms with van der Waals surface area (Å²) in [6.07, 6.45) is -2.17. The van der Waals surface area contributed by atoms with E-state index in [2.05, 4.69) is 25.3 Å². The number of benzene rings is 1. The molecule has 0 bridgehead atoms. The van der Waals surface area contributed by atoms with Gasteiger partial charge in [0.05, 0.1) is 29.9 Å². The lowest BCUT2D eigenvalue weighted by Gasteiger charge is -2.33. The molecule has 6 rings (SSSR count). The van der Waals surface area contributed by atoms with E-state index in [4.69, 9.17) is 9.47 Å². The van der Waals surface area contributed by atoms with Gasteiger partial charge in [0.25, 0.3) is 5.91 Å². The molecule has 2 saturated carbocycles. The maximum Gasteiger partial charge on any atom is 0.438 e. The molecular formula is C35H42F4N6O9S. The Kier molecular flexibility index (Phi) is 10.9. The van der Waals surface area contributed by atoms with Crippen molar-refractivity contribution in [2.45, 2.75) is 100 Å². The maximum atomic E-state index is 14.4. The fourth-order valence-corrected chi connectivity index (χ4v) is 8.84. The molecule has 4 amide bonds. The number of rotatable bonds is 8. The molecule has 7 atom stereocenters. The number of halogens is 4. The minimum absolute atomic E-state index is 0.00820. The summed E-state index contributed by atoms with van der Waals surface area (Å²) in [6, 6.07) is -1.13. The Labute approximate surface area is 313 Å². The van der Waals surface area contributed by atoms with Crippen LogP contribution in [-0.4, -0.2) is 94.8 Å². The summed E-state index contributed by atoms with van der Waals surface area (Å²) in [7, 11) is -2.88. The van der Waals surface area contributed by atoms with Crippen LogP contribution in [0.15, 0.2) is 24.3 Å². The first-order valence-electron chi connectivity index (χ1n) is 18.0. The summed E-state index contributed by atoms with van der Waals surface area (Å²) in [5.41, 5.74) is -3.98. The van der Waals surface area contributed by atoms with Crippen molar-refractivity contribution in [3.8, 4) is 11.6 Å². The Morgan fingerprint density at radius 1 is 1.13 bits per heavy atom. The van der Waals surface area contributed by atoms with Crippen molar-refractivity contribution in [2.24, 2.45) is 17.8 Å². The molecule has 3 fully saturated rings. The third kappa shape index (κ3) is 8.42. The minimum Gasteiger partial charge on any atom is -0.494 e. The summed E-state index contributed by atoms with van der Waals surface area (Å²) in [5.74, 6) is -6.24. The maximum absolute atomic E-state index is 14.4. The summed E-state index contributed by atoms with van der Waals surface area (Å²) >= 11 is 0. The predicted molar refractivity (Wildman–Crippen MR) is 186 cm³/mol. The van der Waals surface area contributed by atoms with Gasteiger partial charge in [-0.2, -0.15) is 13.2 Å². The summed E-state index contributed by atoms with van der Waals surface area (Å²) in [5, 5.41) is 14.0. The Morgan fingerprint density at radius 2 is 1.84 bits per heavy atom. The zero-order valence-corrected chi connectivity index (χ0v) is 31.0. The minimum atomic E-state index is -5.14. The molecule has 2 aromatic rings. The third-order valence-electron chi connectivity index (χ3n) is 10.7. The van der Waals surface area contributed by atoms with Gasteiger partial charge < -0.3 is 30.1 Å². The molecule has 1 saturated heterocycles. The van der Waals surface area contributed by atoms with Crippen LogP contribution in [0.2, 0.25) is 0 Å². The fraction of sp³-hybridized carbons (Fsp3) is 0.600. The van der Waals surface area contributed by atoms with Crippen molar-refractivity contribution in [1.29, 1.82) is 0 Å². The van der Waals surface area contributed by atoms with Crippen LogP contribution in [0.4, 0.5) is 22.4 Å². The molecule has 15 nitrogen and oxygen atoms in total. The monoisotopic (exact) mass is 798 g/mol. The lowest BCUT2D eigenvalue weighted by molar-refractivity contribution is -0.143. The number of carbonyl (C=O) groups excluding carboxylic acids is 3. The molecule has 1 aromatic carbocycles. The van der Waals surface area contributed by atoms with E-state index in [0.29, 0.717) is 38.5 Å². The molecule has 55 heavy (non-hydrogen) atoms. The van der Waals surface area contributed by atoms with Gasteiger partial charge in [-0.1, -0.05) is 32.4 Å². The highest BCUT2D eigenvalue weighted by molar-refractivity contribution is 7.91. The highest BCUT2D eigenvalue weighted by Gasteiger charge is 2.62. The number of hydrogen-bond donors (Lipinski definition) is 4. The predicted octanol–water partition coefficient (Wildman–Crippen LogP) is 3.67. The van der Waals surface area contributed by atoms with E-state index in [1.54, 1.807) is 13.0 Å². The van der Waals surface area contributed by atoms with E-state index in [-0.39, 0.29) is 23.6 Å². The van der Waals surface area contributed by atoms with Crippen LogP contribution in [-0.2, 0) is 30.6 Å². The number of carbonyl (C=O) groups is 4. The normalized spacial score (nSPS) is 29.5. The van der Waals surface area contributed by atoms with Gasteiger partial charge in [0.2, 0.25) is 33.4 Å². The van der Waals surface area contributed by atoms with Gasteiger partial charge in [0.1, 0.15) is 23.7 Å². The molecule has 300 valence electrons. The number of nitrogens with one attached hydrogen (secondary N) is 3. The number of ether oxygens (including phenoxy) is 2. The third-order valence-corrected chi connectivity index (χ3v) is 12.5. The molecule has 20 heteroatoms. The molecule has 0 spiro atoms. The number of fused-ring (bicyclic) bond motifs is 3. The number of hydrogen-bond acceptors (Lipinski definition) is 10. The van der Waals surface area contributed by atoms with Crippen LogP contribution in [0.1, 0.15) is 70.9 Å². The number of methoxy groups -OCH3 is 1. The van der Waals surface area contributed by atoms with Crippen molar-refractivity contribution in [2.75, 3.05) is 13.7 Å². The summed E-state index contributed by atoms with van der Waals surface area (Å²) in [6.45, 7) is 3.21. The van der Waals surface area contributed by atoms with E-state index in [9.17, 15) is 50.3 Å². The molecule has 4 N–H and O–H groups in total. The van der Waals surface area contributed by atoms with Crippen LogP contribution < -0.4 is 24.8 Å². The van der Waals surface area contributed by atoms with Gasteiger partial charge in [-0.25, -0.2) is 27.6 Å². The van der Waals surface area contributed by atoms with Gasteiger partial charge in [-0.3, -0.25) is 19.1 Å². The van der Waals surface area contributed by atoms with Crippen LogP contribution in [0.5, 0.6) is 11.6 Å². The van der Waals surface area contributed by atoms with Crippen molar-refractivity contribution in [3.05, 3.63) is 35.8 Å². The van der Waals surface area contributed by atoms with Gasteiger partial charge in [0, 0.05) is 24.5 Å². The molecular weight excluding hydrogens is 756 g/mol. The zero-order valence-electron chi connectivity index (χ0n) is 30.2. The number of sulfonamides is 1. The number of carboxylic acid groups (broad SMARTS) is 1. The van der Waals surface area contributed by atoms with Crippen LogP contribution >= 0.6 is 0 Å². The Hall–Kier alpha value is -4.75. The molecule has 1 aromatic heterocycles. The average Bonchev–Trinajstić information content (AvgIpc) is 4.03. The molecule has 2 aliphatic carbocycles. The lowest BCUT2D eigenvalue weighted by Crippen LogP contribution is -2.59. The average molecular weight is 799 g/mol. The summed E-state index contributed by atoms with van der Waals surface area (Å²) < 4.78 is 95.7. The Morgan fingerprint density at radius 3 is 2.47 bits per heavy atom. The standard InChI is InChI=1S/C35H42F4N6O9S/c1-4-18-11-17(2)7-5-6-8-19-15-34(19,32(48)44-55(51,52)21-9-10-21)43-29(46)25-12-20(16-45(25)31(47)27(18)42-33(49)50)54-30-28(35(37,38)39)40-23-13-22(36)26(53-3)14-24(23)41-30/h6,8,13-14,17-21,25,27,42H,4-5,7,9-12,15-16H2,1-3H3,(H,43,46)(H,44,48)(H,49,50)/b8-6-/t17-,18-,19-,20-,25+,27+,34-/m1/s1. The molecule has 0 unspecified atom stereocenters. The van der Waals surface area contributed by atoms with Crippen LogP contribution in [0, 0.1) is 23.6 Å². The zero-order chi connectivity index (χ0) is 40.0. The topological polar surface area (TPSA) is 206 Å². The number of allylic oxidation sites excluding steroid dienone is 1. The van der Waals surface area contributed by atoms with E-state index in [1.165, 1.54) is 0 Å². The van der Waals surface area contributed by atoms with Gasteiger partial charge in [-0.15, -0.1) is 0 Å². The first-order valence-corrected chi connectivity index (χ1v) is 19.5. The molecule has 3 heterocycles. The van der Waals surface area contributed by atoms with Crippen molar-refractivity contribution in [3.63, 3.8) is 0 Å². The van der Waals surface area contributed by atoms with Gasteiger partial charge in [-0.05, 0) is 50.4 Å². The largest absolute Gasteiger partial charge is 0.494 e. The van der Waals surface area contributed by atoms with E-state index in [0.717, 1.165) is 24.1 Å². The van der Waals surface area contributed by atoms with Crippen molar-refractivity contribution < 1.29 is 59.7 Å².